The zero-order valence-electron chi connectivity index (χ0n) is 13.7. The second-order valence-electron chi connectivity index (χ2n) is 5.61. The molecule has 0 radical (unpaired) electrons. The summed E-state index contributed by atoms with van der Waals surface area (Å²) in [5, 5.41) is 13.3. The minimum absolute atomic E-state index is 0.325. The van der Waals surface area contributed by atoms with Crippen molar-refractivity contribution in [3.05, 3.63) is 52.8 Å². The van der Waals surface area contributed by atoms with Crippen molar-refractivity contribution < 1.29 is 9.53 Å². The molecule has 1 aromatic heterocycles. The van der Waals surface area contributed by atoms with E-state index in [1.165, 1.54) is 0 Å². The van der Waals surface area contributed by atoms with E-state index in [2.05, 4.69) is 17.2 Å². The molecule has 0 amide bonds. The minimum atomic E-state index is -0.384. The van der Waals surface area contributed by atoms with Gasteiger partial charge in [-0.1, -0.05) is 30.3 Å². The summed E-state index contributed by atoms with van der Waals surface area (Å²) in [5.74, 6) is -0.384. The van der Waals surface area contributed by atoms with Crippen molar-refractivity contribution in [2.45, 2.75) is 32.7 Å². The van der Waals surface area contributed by atoms with Gasteiger partial charge in [-0.2, -0.15) is 10.4 Å². The number of rotatable bonds is 5. The second kappa shape index (κ2) is 7.14. The van der Waals surface area contributed by atoms with Gasteiger partial charge in [0.25, 0.3) is 0 Å². The van der Waals surface area contributed by atoms with E-state index in [0.29, 0.717) is 25.3 Å². The van der Waals surface area contributed by atoms with Crippen LogP contribution in [0.15, 0.2) is 30.3 Å². The van der Waals surface area contributed by atoms with Crippen LogP contribution in [0.25, 0.3) is 11.6 Å². The largest absolute Gasteiger partial charge is 0.461 e. The van der Waals surface area contributed by atoms with Crippen LogP contribution in [0.3, 0.4) is 0 Å². The van der Waals surface area contributed by atoms with Gasteiger partial charge in [-0.05, 0) is 37.0 Å². The first kappa shape index (κ1) is 16.0. The maximum absolute atomic E-state index is 12.2. The van der Waals surface area contributed by atoms with E-state index in [1.807, 2.05) is 30.3 Å². The van der Waals surface area contributed by atoms with Gasteiger partial charge in [-0.3, -0.25) is 4.68 Å². The molecular weight excluding hydrogens is 302 g/mol. The number of aryl methyl sites for hydroxylation is 1. The molecule has 5 nitrogen and oxygen atoms in total. The molecule has 0 unspecified atom stereocenters. The van der Waals surface area contributed by atoms with Crippen LogP contribution in [-0.2, 0) is 17.7 Å². The van der Waals surface area contributed by atoms with Crippen molar-refractivity contribution in [1.29, 1.82) is 5.26 Å². The lowest BCUT2D eigenvalue weighted by Crippen LogP contribution is -2.09. The molecule has 0 saturated heterocycles. The Kier molecular flexibility index (Phi) is 4.76. The molecule has 1 heterocycles. The van der Waals surface area contributed by atoms with Gasteiger partial charge in [-0.15, -0.1) is 0 Å². The lowest BCUT2D eigenvalue weighted by Gasteiger charge is -2.05. The molecule has 0 fully saturated rings. The third-order valence-corrected chi connectivity index (χ3v) is 4.04. The van der Waals surface area contributed by atoms with Gasteiger partial charge in [0.1, 0.15) is 0 Å². The molecule has 0 atom stereocenters. The summed E-state index contributed by atoms with van der Waals surface area (Å²) in [5.41, 5.74) is 4.57. The van der Waals surface area contributed by atoms with E-state index < -0.39 is 0 Å². The fraction of sp³-hybridized carbons (Fsp3) is 0.316. The van der Waals surface area contributed by atoms with Crippen molar-refractivity contribution in [3.63, 3.8) is 0 Å². The van der Waals surface area contributed by atoms with Crippen LogP contribution >= 0.6 is 0 Å². The monoisotopic (exact) mass is 321 g/mol. The number of nitriles is 1. The molecule has 2 aromatic rings. The minimum Gasteiger partial charge on any atom is -0.461 e. The van der Waals surface area contributed by atoms with Crippen molar-refractivity contribution in [3.8, 4) is 6.07 Å². The first-order valence-electron chi connectivity index (χ1n) is 8.14. The number of allylic oxidation sites excluding steroid dienone is 1. The Morgan fingerprint density at radius 3 is 2.88 bits per heavy atom. The third kappa shape index (κ3) is 3.09. The average molecular weight is 321 g/mol. The van der Waals surface area contributed by atoms with E-state index in [0.717, 1.165) is 35.2 Å². The zero-order chi connectivity index (χ0) is 16.9. The highest BCUT2D eigenvalue weighted by molar-refractivity contribution is 5.94. The molecule has 0 spiro atoms. The highest BCUT2D eigenvalue weighted by atomic mass is 16.5. The number of carbonyl (C=O) groups is 1. The van der Waals surface area contributed by atoms with Crippen LogP contribution in [-0.4, -0.2) is 22.4 Å². The Hall–Kier alpha value is -2.87. The number of carbonyl (C=O) groups excluding carboxylic acids is 1. The Morgan fingerprint density at radius 1 is 1.38 bits per heavy atom. The number of fused-ring (bicyclic) bond motifs is 1. The predicted molar refractivity (Wildman–Crippen MR) is 91.0 cm³/mol. The van der Waals surface area contributed by atoms with Crippen molar-refractivity contribution in [2.24, 2.45) is 0 Å². The van der Waals surface area contributed by atoms with Crippen LogP contribution < -0.4 is 0 Å². The Balaban J connectivity index is 2.03. The van der Waals surface area contributed by atoms with Crippen LogP contribution in [0.5, 0.6) is 0 Å². The average Bonchev–Trinajstić information content (AvgIpc) is 3.15. The summed E-state index contributed by atoms with van der Waals surface area (Å²) >= 11 is 0. The van der Waals surface area contributed by atoms with Gasteiger partial charge in [0.2, 0.25) is 0 Å². The van der Waals surface area contributed by atoms with Gasteiger partial charge >= 0.3 is 5.97 Å². The van der Waals surface area contributed by atoms with Gasteiger partial charge < -0.3 is 4.74 Å². The smallest absolute Gasteiger partial charge is 0.359 e. The molecule has 0 N–H and O–H groups in total. The highest BCUT2D eigenvalue weighted by Crippen LogP contribution is 2.36. The molecule has 5 heteroatoms. The maximum Gasteiger partial charge on any atom is 0.359 e. The van der Waals surface area contributed by atoms with Crippen LogP contribution in [0.2, 0.25) is 0 Å². The number of esters is 1. The molecule has 1 aliphatic rings. The SMILES string of the molecule is CCOC(=O)c1nn(CCC#N)c2c1CC/C2=C\c1ccccc1. The number of hydrogen-bond acceptors (Lipinski definition) is 4. The van der Waals surface area contributed by atoms with Crippen molar-refractivity contribution >= 4 is 17.6 Å². The molecule has 0 aliphatic heterocycles. The van der Waals surface area contributed by atoms with Gasteiger partial charge in [0.05, 0.1) is 31.3 Å². The van der Waals surface area contributed by atoms with E-state index in [-0.39, 0.29) is 5.97 Å². The summed E-state index contributed by atoms with van der Waals surface area (Å²) in [6.07, 6.45) is 4.12. The molecule has 1 aromatic carbocycles. The first-order chi connectivity index (χ1) is 11.7. The molecule has 122 valence electrons. The Bertz CT molecular complexity index is 813. The summed E-state index contributed by atoms with van der Waals surface area (Å²) in [7, 11) is 0. The van der Waals surface area contributed by atoms with Gasteiger partial charge in [-0.25, -0.2) is 4.79 Å². The topological polar surface area (TPSA) is 67.9 Å². The summed E-state index contributed by atoms with van der Waals surface area (Å²) in [6.45, 7) is 2.58. The Labute approximate surface area is 141 Å². The quantitative estimate of drug-likeness (QED) is 0.791. The summed E-state index contributed by atoms with van der Waals surface area (Å²) in [6, 6.07) is 12.2. The highest BCUT2D eigenvalue weighted by Gasteiger charge is 2.30. The normalized spacial score (nSPS) is 14.4. The Morgan fingerprint density at radius 2 is 2.17 bits per heavy atom. The molecule has 0 bridgehead atoms. The number of nitrogens with zero attached hydrogens (tertiary/aromatic N) is 3. The fourth-order valence-corrected chi connectivity index (χ4v) is 3.05. The lowest BCUT2D eigenvalue weighted by atomic mass is 10.1. The zero-order valence-corrected chi connectivity index (χ0v) is 13.7. The van der Waals surface area contributed by atoms with E-state index in [9.17, 15) is 4.79 Å². The predicted octanol–water partition coefficient (Wildman–Crippen LogP) is 3.46. The van der Waals surface area contributed by atoms with Crippen LogP contribution in [0.1, 0.15) is 47.1 Å². The van der Waals surface area contributed by atoms with Crippen molar-refractivity contribution in [2.75, 3.05) is 6.61 Å². The van der Waals surface area contributed by atoms with Crippen molar-refractivity contribution in [1.82, 2.24) is 9.78 Å². The van der Waals surface area contributed by atoms with Crippen LogP contribution in [0.4, 0.5) is 0 Å². The molecule has 24 heavy (non-hydrogen) atoms. The number of aromatic nitrogens is 2. The van der Waals surface area contributed by atoms with E-state index in [4.69, 9.17) is 10.00 Å². The third-order valence-electron chi connectivity index (χ3n) is 4.04. The number of hydrogen-bond donors (Lipinski definition) is 0. The van der Waals surface area contributed by atoms with Gasteiger partial charge in [0, 0.05) is 5.56 Å². The molecule has 0 saturated carbocycles. The number of ether oxygens (including phenoxy) is 1. The molecule has 3 rings (SSSR count). The maximum atomic E-state index is 12.2. The van der Waals surface area contributed by atoms with Crippen LogP contribution in [0, 0.1) is 11.3 Å². The van der Waals surface area contributed by atoms with Gasteiger partial charge in [0.15, 0.2) is 5.69 Å². The van der Waals surface area contributed by atoms with E-state index >= 15 is 0 Å². The summed E-state index contributed by atoms with van der Waals surface area (Å²) < 4.78 is 6.91. The fourth-order valence-electron chi connectivity index (χ4n) is 3.05. The lowest BCUT2D eigenvalue weighted by molar-refractivity contribution is 0.0517. The standard InChI is InChI=1S/C19H19N3O2/c1-2-24-19(23)17-16-10-9-15(13-14-7-4-3-5-8-14)18(16)22(21-17)12-6-11-20/h3-5,7-8,13H,2,6,9-10,12H2,1H3/b15-13+. The second-order valence-corrected chi connectivity index (χ2v) is 5.61. The molecule has 1 aliphatic carbocycles. The van der Waals surface area contributed by atoms with E-state index in [1.54, 1.807) is 11.6 Å². The summed E-state index contributed by atoms with van der Waals surface area (Å²) in [4.78, 5) is 12.2. The number of benzene rings is 1. The first-order valence-corrected chi connectivity index (χ1v) is 8.14. The molecular formula is C19H19N3O2.